The van der Waals surface area contributed by atoms with Crippen LogP contribution in [-0.4, -0.2) is 35.6 Å². The minimum Gasteiger partial charge on any atom is -0.428 e. The molecule has 0 saturated carbocycles. The fraction of sp³-hybridized carbons (Fsp3) is 0. The molecule has 6 nitrogen and oxygen atoms in total. The number of ether oxygens (including phenoxy) is 2. The summed E-state index contributed by atoms with van der Waals surface area (Å²) in [6, 6.07) is 26.3. The number of carbonyl (C=O) groups excluding carboxylic acids is 4. The Morgan fingerprint density at radius 2 is 1.14 bits per heavy atom. The highest BCUT2D eigenvalue weighted by atomic mass is 79.9. The van der Waals surface area contributed by atoms with Gasteiger partial charge in [-0.05, 0) is 118 Å². The Balaban J connectivity index is 0.000000225. The number of hydrogen-bond donors (Lipinski definition) is 0. The van der Waals surface area contributed by atoms with Crippen molar-refractivity contribution >= 4 is 129 Å². The lowest BCUT2D eigenvalue weighted by Gasteiger charge is -2.07. The van der Waals surface area contributed by atoms with E-state index in [1.807, 2.05) is 24.3 Å². The van der Waals surface area contributed by atoms with Crippen LogP contribution in [0.5, 0.6) is 5.75 Å². The average Bonchev–Trinajstić information content (AvgIpc) is 3.25. The van der Waals surface area contributed by atoms with Gasteiger partial charge in [0, 0.05) is 23.5 Å². The van der Waals surface area contributed by atoms with E-state index < -0.39 is 23.3 Å². The summed E-state index contributed by atoms with van der Waals surface area (Å²) in [4.78, 5) is 44.5. The molecular weight excluding hydrogens is 885 g/mol. The third kappa shape index (κ3) is 11.9. The molecule has 4 aromatic carbocycles. The molecule has 0 saturated heterocycles. The topological polar surface area (TPSA) is 86.7 Å². The van der Waals surface area contributed by atoms with Crippen molar-refractivity contribution in [2.75, 3.05) is 0 Å². The Labute approximate surface area is 292 Å². The summed E-state index contributed by atoms with van der Waals surface area (Å²) >= 11 is 11.7. The van der Waals surface area contributed by atoms with Gasteiger partial charge in [0.15, 0.2) is 5.78 Å². The molecule has 1 aliphatic rings. The predicted octanol–water partition coefficient (Wildman–Crippen LogP) is 9.87. The first-order chi connectivity index (χ1) is 20.0. The van der Waals surface area contributed by atoms with E-state index in [-0.39, 0.29) is 11.5 Å². The van der Waals surface area contributed by atoms with Crippen molar-refractivity contribution in [3.05, 3.63) is 131 Å². The monoisotopic (exact) mass is 896 g/mol. The zero-order valence-corrected chi connectivity index (χ0v) is 30.7. The summed E-state index contributed by atoms with van der Waals surface area (Å²) in [5, 5.41) is 0. The van der Waals surface area contributed by atoms with Gasteiger partial charge in [-0.1, -0.05) is 36.4 Å². The minimum atomic E-state index is -1.72. The third-order valence-electron chi connectivity index (χ3n) is 4.87. The summed E-state index contributed by atoms with van der Waals surface area (Å²) < 4.78 is 13.0. The molecule has 0 aliphatic carbocycles. The third-order valence-corrected chi connectivity index (χ3v) is 8.66. The summed E-state index contributed by atoms with van der Waals surface area (Å²) in [5.41, 5.74) is 1.58. The first-order valence-electron chi connectivity index (χ1n) is 11.3. The second kappa shape index (κ2) is 19.0. The van der Waals surface area contributed by atoms with E-state index in [1.165, 1.54) is 0 Å². The van der Waals surface area contributed by atoms with Crippen molar-refractivity contribution in [3.8, 4) is 5.75 Å². The van der Waals surface area contributed by atoms with E-state index >= 15 is 0 Å². The van der Waals surface area contributed by atoms with Crippen LogP contribution in [0.1, 0.15) is 36.6 Å². The number of benzene rings is 4. The van der Waals surface area contributed by atoms with Gasteiger partial charge in [0.05, 0.1) is 16.7 Å². The van der Waals surface area contributed by atoms with Crippen LogP contribution >= 0.6 is 93.9 Å². The fourth-order valence-electron chi connectivity index (χ4n) is 3.07. The molecule has 42 heavy (non-hydrogen) atoms. The molecule has 4 aromatic rings. The maximum Gasteiger partial charge on any atom is 0.643 e. The second-order valence-corrected chi connectivity index (χ2v) is 17.4. The lowest BCUT2D eigenvalue weighted by atomic mass is 10.0. The standard InChI is InChI=1S/C14H8Br2O3.C8H4O3.C6H4Br2.Al.3ClH/c15-11-6-5-9(7-12(11)16)14(18)10-3-1-2-4-13(10)19-8-17;9-7-5-3-1-2-4-6(5)8(10)11-7;7-5-3-1-2-4-6(5)8;;;;/h1-8H;1-4H;1-4H;;3*1H/q;;;+3;;;/p-3. The number of cyclic esters (lactones) is 2. The van der Waals surface area contributed by atoms with Gasteiger partial charge in [0.25, 0.3) is 6.47 Å². The van der Waals surface area contributed by atoms with Gasteiger partial charge in [0.2, 0.25) is 0 Å². The molecule has 216 valence electrons. The number of rotatable bonds is 4. The number of carbonyl (C=O) groups is 4. The molecule has 5 rings (SSSR count). The highest BCUT2D eigenvalue weighted by Gasteiger charge is 2.28. The van der Waals surface area contributed by atoms with Crippen LogP contribution in [0.3, 0.4) is 0 Å². The van der Waals surface area contributed by atoms with E-state index in [0.29, 0.717) is 28.7 Å². The Kier molecular flexibility index (Phi) is 16.6. The summed E-state index contributed by atoms with van der Waals surface area (Å²) in [6.07, 6.45) is 0. The van der Waals surface area contributed by atoms with Crippen LogP contribution in [0.2, 0.25) is 0 Å². The number of ketones is 1. The SMILES string of the molecule is Brc1ccccc1Br.O=C1OC(=O)c2ccccc21.O=COc1ccccc1C(=O)c1ccc(Br)c(Br)c1.[Cl][Al]([Cl])[Cl]. The molecule has 0 N–H and O–H groups in total. The summed E-state index contributed by atoms with van der Waals surface area (Å²) in [5.74, 6) is -1.05. The number of hydrogen-bond acceptors (Lipinski definition) is 6. The molecule has 0 spiro atoms. The predicted molar refractivity (Wildman–Crippen MR) is 180 cm³/mol. The van der Waals surface area contributed by atoms with Crippen molar-refractivity contribution in [2.24, 2.45) is 0 Å². The molecule has 0 amide bonds. The summed E-state index contributed by atoms with van der Waals surface area (Å²) in [7, 11) is 14.8. The Morgan fingerprint density at radius 3 is 1.62 bits per heavy atom. The number of esters is 2. The van der Waals surface area contributed by atoms with Crippen LogP contribution in [0.25, 0.3) is 0 Å². The lowest BCUT2D eigenvalue weighted by molar-refractivity contribution is -0.120. The highest BCUT2D eigenvalue weighted by Crippen LogP contribution is 2.27. The van der Waals surface area contributed by atoms with Gasteiger partial charge in [-0.2, -0.15) is 0 Å². The van der Waals surface area contributed by atoms with Crippen molar-refractivity contribution < 1.29 is 28.7 Å². The van der Waals surface area contributed by atoms with Crippen molar-refractivity contribution in [3.63, 3.8) is 0 Å². The van der Waals surface area contributed by atoms with Gasteiger partial charge in [-0.15, -0.1) is 0 Å². The Hall–Kier alpha value is -1.52. The van der Waals surface area contributed by atoms with Crippen molar-refractivity contribution in [2.45, 2.75) is 0 Å². The molecule has 1 aliphatic heterocycles. The van der Waals surface area contributed by atoms with Crippen LogP contribution < -0.4 is 4.74 Å². The molecule has 0 unspecified atom stereocenters. The maximum atomic E-state index is 12.4. The van der Waals surface area contributed by atoms with Crippen LogP contribution in [0.15, 0.2) is 109 Å². The Morgan fingerprint density at radius 1 is 0.690 bits per heavy atom. The lowest BCUT2D eigenvalue weighted by Crippen LogP contribution is -2.04. The first kappa shape index (κ1) is 36.7. The second-order valence-electron chi connectivity index (χ2n) is 7.55. The highest BCUT2D eigenvalue weighted by molar-refractivity contribution is 9.13. The Bertz CT molecular complexity index is 1520. The smallest absolute Gasteiger partial charge is 0.428 e. The molecule has 1 heterocycles. The molecule has 0 aromatic heterocycles. The van der Waals surface area contributed by atoms with Gasteiger partial charge >= 0.3 is 23.3 Å². The number of fused-ring (bicyclic) bond motifs is 1. The number of para-hydroxylation sites is 1. The minimum absolute atomic E-state index is 0.203. The van der Waals surface area contributed by atoms with Gasteiger partial charge < -0.3 is 9.47 Å². The van der Waals surface area contributed by atoms with E-state index in [2.05, 4.69) is 68.5 Å². The number of halogens is 7. The quantitative estimate of drug-likeness (QED) is 0.0667. The zero-order valence-electron chi connectivity index (χ0n) is 20.9. The van der Waals surface area contributed by atoms with E-state index in [1.54, 1.807) is 66.7 Å². The average molecular weight is 901 g/mol. The molecular formula is C28H16AlBr4Cl3O6. The molecule has 0 bridgehead atoms. The maximum absolute atomic E-state index is 12.4. The van der Waals surface area contributed by atoms with Crippen LogP contribution in [0, 0.1) is 0 Å². The summed E-state index contributed by atoms with van der Waals surface area (Å²) in [6.45, 7) is 0.309. The van der Waals surface area contributed by atoms with Gasteiger partial charge in [-0.25, -0.2) is 39.7 Å². The van der Waals surface area contributed by atoms with Crippen molar-refractivity contribution in [1.29, 1.82) is 0 Å². The zero-order chi connectivity index (χ0) is 31.2. The van der Waals surface area contributed by atoms with Gasteiger partial charge in [0.1, 0.15) is 5.75 Å². The van der Waals surface area contributed by atoms with Crippen molar-refractivity contribution in [1.82, 2.24) is 0 Å². The molecule has 0 atom stereocenters. The normalized spacial score (nSPS) is 10.7. The molecule has 0 radical (unpaired) electrons. The first-order valence-corrected chi connectivity index (χ1v) is 19.7. The van der Waals surface area contributed by atoms with E-state index in [4.69, 9.17) is 34.9 Å². The van der Waals surface area contributed by atoms with Crippen LogP contribution in [0.4, 0.5) is 0 Å². The van der Waals surface area contributed by atoms with Gasteiger partial charge in [-0.3, -0.25) is 9.59 Å². The molecule has 0 fully saturated rings. The fourth-order valence-corrected chi connectivity index (χ4v) is 4.27. The largest absolute Gasteiger partial charge is 0.643 e. The van der Waals surface area contributed by atoms with Crippen LogP contribution in [-0.2, 0) is 9.53 Å². The molecule has 14 heteroatoms. The van der Waals surface area contributed by atoms with E-state index in [9.17, 15) is 19.2 Å². The van der Waals surface area contributed by atoms with E-state index in [0.717, 1.165) is 17.9 Å².